The average Bonchev–Trinajstić information content (AvgIpc) is 2.48. The topological polar surface area (TPSA) is 24.5 Å². The molecule has 1 aliphatic rings. The molecule has 124 valence electrons. The Balaban J connectivity index is 2.49. The van der Waals surface area contributed by atoms with Crippen molar-refractivity contribution in [3.63, 3.8) is 0 Å². The van der Waals surface area contributed by atoms with Gasteiger partial charge in [-0.2, -0.15) is 0 Å². The minimum absolute atomic E-state index is 0.205. The second kappa shape index (κ2) is 6.91. The molecule has 1 unspecified atom stereocenters. The monoisotopic (exact) mass is 304 g/mol. The predicted molar refractivity (Wildman–Crippen MR) is 95.1 cm³/mol. The van der Waals surface area contributed by atoms with Gasteiger partial charge in [-0.1, -0.05) is 20.8 Å². The van der Waals surface area contributed by atoms with Gasteiger partial charge < -0.3 is 15.0 Å². The zero-order valence-electron chi connectivity index (χ0n) is 15.1. The van der Waals surface area contributed by atoms with E-state index < -0.39 is 0 Å². The molecule has 1 aromatic rings. The zero-order chi connectivity index (χ0) is 16.3. The summed E-state index contributed by atoms with van der Waals surface area (Å²) in [4.78, 5) is 2.57. The maximum Gasteiger partial charge on any atom is 0.125 e. The van der Waals surface area contributed by atoms with Gasteiger partial charge in [0.05, 0.1) is 7.11 Å². The summed E-state index contributed by atoms with van der Waals surface area (Å²) in [5, 5.41) is 3.42. The highest BCUT2D eigenvalue weighted by Crippen LogP contribution is 2.45. The van der Waals surface area contributed by atoms with Gasteiger partial charge in [-0.25, -0.2) is 0 Å². The Hall–Kier alpha value is -1.22. The fourth-order valence-corrected chi connectivity index (χ4v) is 3.79. The van der Waals surface area contributed by atoms with E-state index in [1.54, 1.807) is 7.11 Å². The predicted octanol–water partition coefficient (Wildman–Crippen LogP) is 4.31. The van der Waals surface area contributed by atoms with Crippen molar-refractivity contribution in [3.05, 3.63) is 23.3 Å². The maximum atomic E-state index is 5.67. The van der Waals surface area contributed by atoms with Crippen LogP contribution in [0.5, 0.6) is 5.75 Å². The number of fused-ring (bicyclic) bond motifs is 1. The van der Waals surface area contributed by atoms with Gasteiger partial charge in [0.25, 0.3) is 0 Å². The van der Waals surface area contributed by atoms with Crippen molar-refractivity contribution in [1.82, 2.24) is 5.32 Å². The molecule has 0 saturated heterocycles. The first-order valence-corrected chi connectivity index (χ1v) is 8.63. The molecule has 0 aromatic heterocycles. The SMILES string of the molecule is CCCN1c2cc(OC)c(CNCC)cc2C(C)CC1(C)C. The van der Waals surface area contributed by atoms with Crippen molar-refractivity contribution >= 4 is 5.69 Å². The summed E-state index contributed by atoms with van der Waals surface area (Å²) < 4.78 is 5.67. The van der Waals surface area contributed by atoms with Crippen molar-refractivity contribution in [2.45, 2.75) is 65.5 Å². The Morgan fingerprint density at radius 1 is 1.32 bits per heavy atom. The third-order valence-corrected chi connectivity index (χ3v) is 4.80. The van der Waals surface area contributed by atoms with Crippen LogP contribution in [0.15, 0.2) is 12.1 Å². The number of methoxy groups -OCH3 is 1. The number of hydrogen-bond acceptors (Lipinski definition) is 3. The highest BCUT2D eigenvalue weighted by atomic mass is 16.5. The van der Waals surface area contributed by atoms with Crippen molar-refractivity contribution in [2.75, 3.05) is 25.1 Å². The number of benzene rings is 1. The molecule has 1 heterocycles. The minimum Gasteiger partial charge on any atom is -0.496 e. The van der Waals surface area contributed by atoms with Crippen molar-refractivity contribution in [1.29, 1.82) is 0 Å². The van der Waals surface area contributed by atoms with Gasteiger partial charge >= 0.3 is 0 Å². The minimum atomic E-state index is 0.205. The molecular weight excluding hydrogens is 272 g/mol. The third kappa shape index (κ3) is 3.24. The lowest BCUT2D eigenvalue weighted by Crippen LogP contribution is -2.48. The lowest BCUT2D eigenvalue weighted by atomic mass is 9.79. The Morgan fingerprint density at radius 2 is 2.05 bits per heavy atom. The van der Waals surface area contributed by atoms with Crippen LogP contribution >= 0.6 is 0 Å². The van der Waals surface area contributed by atoms with Crippen LogP contribution in [0.25, 0.3) is 0 Å². The summed E-state index contributed by atoms with van der Waals surface area (Å²) in [5.41, 5.74) is 4.31. The Labute approximate surface area is 136 Å². The molecule has 0 spiro atoms. The van der Waals surface area contributed by atoms with Crippen molar-refractivity contribution in [2.24, 2.45) is 0 Å². The van der Waals surface area contributed by atoms with Gasteiger partial charge in [-0.3, -0.25) is 0 Å². The number of rotatable bonds is 6. The molecule has 1 aliphatic heterocycles. The normalized spacial score (nSPS) is 19.9. The smallest absolute Gasteiger partial charge is 0.125 e. The number of hydrogen-bond donors (Lipinski definition) is 1. The lowest BCUT2D eigenvalue weighted by Gasteiger charge is -2.48. The first kappa shape index (κ1) is 17.1. The van der Waals surface area contributed by atoms with Crippen LogP contribution in [0.4, 0.5) is 5.69 Å². The van der Waals surface area contributed by atoms with Crippen LogP contribution < -0.4 is 15.0 Å². The summed E-state index contributed by atoms with van der Waals surface area (Å²) in [7, 11) is 1.78. The fraction of sp³-hybridized carbons (Fsp3) is 0.684. The van der Waals surface area contributed by atoms with Gasteiger partial charge in [-0.05, 0) is 50.8 Å². The molecule has 1 aromatic carbocycles. The van der Waals surface area contributed by atoms with E-state index in [2.05, 4.69) is 57.0 Å². The van der Waals surface area contributed by atoms with Crippen LogP contribution in [0.2, 0.25) is 0 Å². The van der Waals surface area contributed by atoms with Crippen molar-refractivity contribution in [3.8, 4) is 5.75 Å². The average molecular weight is 304 g/mol. The Kier molecular flexibility index (Phi) is 5.38. The molecule has 0 radical (unpaired) electrons. The van der Waals surface area contributed by atoms with E-state index in [0.29, 0.717) is 5.92 Å². The molecule has 0 aliphatic carbocycles. The molecule has 1 atom stereocenters. The highest BCUT2D eigenvalue weighted by Gasteiger charge is 2.36. The molecule has 0 amide bonds. The summed E-state index contributed by atoms with van der Waals surface area (Å²) in [5.74, 6) is 1.59. The fourth-order valence-electron chi connectivity index (χ4n) is 3.79. The molecule has 0 saturated carbocycles. The van der Waals surface area contributed by atoms with E-state index in [0.717, 1.165) is 25.4 Å². The van der Waals surface area contributed by atoms with Crippen LogP contribution in [0.3, 0.4) is 0 Å². The molecule has 3 nitrogen and oxygen atoms in total. The summed E-state index contributed by atoms with van der Waals surface area (Å²) in [6.45, 7) is 14.4. The standard InChI is InChI=1S/C19H32N2O/c1-7-9-21-17-11-18(22-6)15(13-20-8-2)10-16(17)14(3)12-19(21,4)5/h10-11,14,20H,7-9,12-13H2,1-6H3. The van der Waals surface area contributed by atoms with Crippen LogP contribution in [0.1, 0.15) is 64.5 Å². The Bertz CT molecular complexity index is 510. The highest BCUT2D eigenvalue weighted by molar-refractivity contribution is 5.64. The van der Waals surface area contributed by atoms with Gasteiger partial charge in [-0.15, -0.1) is 0 Å². The van der Waals surface area contributed by atoms with Gasteiger partial charge in [0, 0.05) is 35.9 Å². The molecule has 1 N–H and O–H groups in total. The summed E-state index contributed by atoms with van der Waals surface area (Å²) >= 11 is 0. The zero-order valence-corrected chi connectivity index (χ0v) is 15.1. The summed E-state index contributed by atoms with van der Waals surface area (Å²) in [6.07, 6.45) is 2.37. The van der Waals surface area contributed by atoms with Gasteiger partial charge in [0.2, 0.25) is 0 Å². The van der Waals surface area contributed by atoms with E-state index in [9.17, 15) is 0 Å². The van der Waals surface area contributed by atoms with E-state index in [1.165, 1.54) is 29.7 Å². The quantitative estimate of drug-likeness (QED) is 0.847. The first-order valence-electron chi connectivity index (χ1n) is 8.63. The number of nitrogens with zero attached hydrogens (tertiary/aromatic N) is 1. The third-order valence-electron chi connectivity index (χ3n) is 4.80. The van der Waals surface area contributed by atoms with Crippen LogP contribution in [0, 0.1) is 0 Å². The largest absolute Gasteiger partial charge is 0.496 e. The van der Waals surface area contributed by atoms with E-state index in [-0.39, 0.29) is 5.54 Å². The molecule has 0 fully saturated rings. The maximum absolute atomic E-state index is 5.67. The molecular formula is C19H32N2O. The van der Waals surface area contributed by atoms with Crippen LogP contribution in [-0.2, 0) is 6.54 Å². The molecule has 22 heavy (non-hydrogen) atoms. The van der Waals surface area contributed by atoms with Crippen molar-refractivity contribution < 1.29 is 4.74 Å². The first-order chi connectivity index (χ1) is 10.4. The Morgan fingerprint density at radius 3 is 2.64 bits per heavy atom. The van der Waals surface area contributed by atoms with E-state index in [4.69, 9.17) is 4.74 Å². The van der Waals surface area contributed by atoms with E-state index >= 15 is 0 Å². The second-order valence-corrected chi connectivity index (χ2v) is 7.07. The van der Waals surface area contributed by atoms with Crippen LogP contribution in [-0.4, -0.2) is 25.7 Å². The number of anilines is 1. The number of nitrogens with one attached hydrogen (secondary N) is 1. The molecule has 0 bridgehead atoms. The lowest BCUT2D eigenvalue weighted by molar-refractivity contribution is 0.371. The van der Waals surface area contributed by atoms with Gasteiger partial charge in [0.15, 0.2) is 0 Å². The molecule has 3 heteroatoms. The van der Waals surface area contributed by atoms with E-state index in [1.807, 2.05) is 0 Å². The summed E-state index contributed by atoms with van der Waals surface area (Å²) in [6, 6.07) is 4.62. The second-order valence-electron chi connectivity index (χ2n) is 7.07. The molecule has 2 rings (SSSR count). The van der Waals surface area contributed by atoms with Gasteiger partial charge in [0.1, 0.15) is 5.75 Å². The number of ether oxygens (including phenoxy) is 1.